The molecule has 0 amide bonds. The van der Waals surface area contributed by atoms with Crippen molar-refractivity contribution in [3.8, 4) is 0 Å². The summed E-state index contributed by atoms with van der Waals surface area (Å²) in [4.78, 5) is 13.2. The molecule has 0 aliphatic heterocycles. The second kappa shape index (κ2) is 12.0. The van der Waals surface area contributed by atoms with Crippen molar-refractivity contribution in [2.45, 2.75) is 63.8 Å². The molecule has 0 spiro atoms. The van der Waals surface area contributed by atoms with Crippen molar-refractivity contribution in [2.75, 3.05) is 0 Å². The highest BCUT2D eigenvalue weighted by atomic mass is 16.4. The smallest absolute Gasteiger partial charge is 0.303 e. The average Bonchev–Trinajstić information content (AvgIpc) is 2.32. The van der Waals surface area contributed by atoms with Gasteiger partial charge in [0.05, 0.1) is 6.42 Å². The zero-order chi connectivity index (χ0) is 13.6. The van der Waals surface area contributed by atoms with Crippen LogP contribution < -0.4 is 0 Å². The fraction of sp³-hybridized carbons (Fsp3) is 0.769. The second-order valence-corrected chi connectivity index (χ2v) is 4.44. The van der Waals surface area contributed by atoms with E-state index < -0.39 is 12.0 Å². The van der Waals surface area contributed by atoms with Gasteiger partial charge in [0.15, 0.2) is 0 Å². The third-order valence-electron chi connectivity index (χ3n) is 2.82. The molecule has 18 heavy (non-hydrogen) atoms. The Morgan fingerprint density at radius 3 is 2.44 bits per heavy atom. The zero-order valence-corrected chi connectivity index (χ0v) is 10.9. The van der Waals surface area contributed by atoms with E-state index in [0.717, 1.165) is 25.7 Å². The molecule has 0 aromatic rings. The molecule has 0 aliphatic carbocycles. The summed E-state index contributed by atoms with van der Waals surface area (Å²) in [6.07, 6.45) is 10.4. The molecule has 0 rings (SSSR count). The molecule has 0 saturated heterocycles. The Labute approximate surface area is 109 Å². The van der Waals surface area contributed by atoms with Crippen molar-refractivity contribution in [1.82, 2.24) is 0 Å². The highest BCUT2D eigenvalue weighted by Crippen LogP contribution is 2.13. The molecule has 0 bridgehead atoms. The Balaban J connectivity index is 3.51. The third kappa shape index (κ3) is 11.0. The number of unbranched alkanes of at least 4 members (excludes halogenated alkanes) is 6. The van der Waals surface area contributed by atoms with Crippen LogP contribution in [0.3, 0.4) is 0 Å². The van der Waals surface area contributed by atoms with E-state index in [-0.39, 0.29) is 6.42 Å². The summed E-state index contributed by atoms with van der Waals surface area (Å²) in [6, 6.07) is -0.395. The van der Waals surface area contributed by atoms with E-state index in [1.165, 1.54) is 19.3 Å². The van der Waals surface area contributed by atoms with Crippen molar-refractivity contribution < 1.29 is 9.90 Å². The zero-order valence-electron chi connectivity index (χ0n) is 10.9. The summed E-state index contributed by atoms with van der Waals surface area (Å²) in [7, 11) is 0. The summed E-state index contributed by atoms with van der Waals surface area (Å²) in [5.41, 5.74) is 8.33. The maximum atomic E-state index is 10.5. The molecule has 5 nitrogen and oxygen atoms in total. The van der Waals surface area contributed by atoms with Gasteiger partial charge in [-0.15, -0.1) is 6.58 Å². The first-order valence-corrected chi connectivity index (χ1v) is 6.57. The number of hydrogen-bond donors (Lipinski definition) is 1. The molecule has 0 aromatic heterocycles. The first-order valence-electron chi connectivity index (χ1n) is 6.57. The van der Waals surface area contributed by atoms with E-state index in [1.54, 1.807) is 0 Å². The Kier molecular flexibility index (Phi) is 11.0. The van der Waals surface area contributed by atoms with Crippen LogP contribution >= 0.6 is 0 Å². The molecule has 0 radical (unpaired) electrons. The van der Waals surface area contributed by atoms with Crippen LogP contribution in [0.2, 0.25) is 0 Å². The molecule has 1 atom stereocenters. The molecule has 0 unspecified atom stereocenters. The van der Waals surface area contributed by atoms with Crippen LogP contribution in [0.1, 0.15) is 57.8 Å². The van der Waals surface area contributed by atoms with Gasteiger partial charge in [-0.25, -0.2) is 0 Å². The molecule has 0 aromatic carbocycles. The van der Waals surface area contributed by atoms with Crippen LogP contribution in [0.25, 0.3) is 10.4 Å². The van der Waals surface area contributed by atoms with Crippen molar-refractivity contribution in [3.63, 3.8) is 0 Å². The number of allylic oxidation sites excluding steroid dienone is 1. The van der Waals surface area contributed by atoms with E-state index in [0.29, 0.717) is 6.42 Å². The van der Waals surface area contributed by atoms with Gasteiger partial charge < -0.3 is 5.11 Å². The van der Waals surface area contributed by atoms with E-state index in [4.69, 9.17) is 10.6 Å². The fourth-order valence-corrected chi connectivity index (χ4v) is 1.85. The number of carboxylic acids is 1. The first-order chi connectivity index (χ1) is 8.70. The molecule has 0 heterocycles. The molecule has 1 N–H and O–H groups in total. The maximum Gasteiger partial charge on any atom is 0.303 e. The molecule has 5 heteroatoms. The van der Waals surface area contributed by atoms with Crippen LogP contribution in [0.5, 0.6) is 0 Å². The monoisotopic (exact) mass is 253 g/mol. The standard InChI is InChI=1S/C13H23N3O2/c1-2-3-4-5-6-7-8-9-10-12(15-16-14)11-13(17)18/h2,12H,1,3-11H2,(H,17,18)/t12-/m0/s1. The van der Waals surface area contributed by atoms with Crippen molar-refractivity contribution in [1.29, 1.82) is 0 Å². The lowest BCUT2D eigenvalue weighted by Crippen LogP contribution is -2.10. The summed E-state index contributed by atoms with van der Waals surface area (Å²) >= 11 is 0. The average molecular weight is 253 g/mol. The van der Waals surface area contributed by atoms with Crippen LogP contribution in [-0.4, -0.2) is 17.1 Å². The first kappa shape index (κ1) is 16.5. The lowest BCUT2D eigenvalue weighted by Gasteiger charge is -2.07. The molecule has 0 fully saturated rings. The Morgan fingerprint density at radius 1 is 1.28 bits per heavy atom. The lowest BCUT2D eigenvalue weighted by atomic mass is 10.0. The van der Waals surface area contributed by atoms with Gasteiger partial charge in [-0.2, -0.15) is 0 Å². The van der Waals surface area contributed by atoms with Gasteiger partial charge in [0.25, 0.3) is 0 Å². The second-order valence-electron chi connectivity index (χ2n) is 4.44. The summed E-state index contributed by atoms with van der Waals surface area (Å²) < 4.78 is 0. The number of hydrogen-bond acceptors (Lipinski definition) is 2. The summed E-state index contributed by atoms with van der Waals surface area (Å²) in [5.74, 6) is -0.906. The number of nitrogens with zero attached hydrogens (tertiary/aromatic N) is 3. The fourth-order valence-electron chi connectivity index (χ4n) is 1.85. The lowest BCUT2D eigenvalue weighted by molar-refractivity contribution is -0.137. The van der Waals surface area contributed by atoms with Gasteiger partial charge in [-0.05, 0) is 24.8 Å². The molecule has 0 aliphatic rings. The van der Waals surface area contributed by atoms with Gasteiger partial charge in [-0.3, -0.25) is 4.79 Å². The summed E-state index contributed by atoms with van der Waals surface area (Å²) in [5, 5.41) is 12.2. The minimum Gasteiger partial charge on any atom is -0.481 e. The van der Waals surface area contributed by atoms with Gasteiger partial charge in [-0.1, -0.05) is 43.3 Å². The van der Waals surface area contributed by atoms with Crippen LogP contribution in [0, 0.1) is 0 Å². The van der Waals surface area contributed by atoms with Crippen LogP contribution in [0.15, 0.2) is 17.8 Å². The number of aliphatic carboxylic acids is 1. The van der Waals surface area contributed by atoms with Gasteiger partial charge in [0.2, 0.25) is 0 Å². The maximum absolute atomic E-state index is 10.5. The highest BCUT2D eigenvalue weighted by Gasteiger charge is 2.10. The van der Waals surface area contributed by atoms with E-state index >= 15 is 0 Å². The summed E-state index contributed by atoms with van der Waals surface area (Å²) in [6.45, 7) is 3.68. The topological polar surface area (TPSA) is 86.1 Å². The van der Waals surface area contributed by atoms with Gasteiger partial charge in [0, 0.05) is 11.0 Å². The normalized spacial score (nSPS) is 11.6. The molecular formula is C13H23N3O2. The van der Waals surface area contributed by atoms with Crippen molar-refractivity contribution >= 4 is 5.97 Å². The Hall–Kier alpha value is -1.48. The number of carboxylic acid groups (broad SMARTS) is 1. The van der Waals surface area contributed by atoms with Gasteiger partial charge in [0.1, 0.15) is 0 Å². The van der Waals surface area contributed by atoms with Gasteiger partial charge >= 0.3 is 5.97 Å². The quantitative estimate of drug-likeness (QED) is 0.183. The third-order valence-corrected chi connectivity index (χ3v) is 2.82. The SMILES string of the molecule is C=CCCCCCCCC[C@@H](CC(=O)O)N=[N+]=[N-]. The van der Waals surface area contributed by atoms with E-state index in [1.807, 2.05) is 6.08 Å². The molecule has 102 valence electrons. The Morgan fingerprint density at radius 2 is 1.89 bits per heavy atom. The molecular weight excluding hydrogens is 230 g/mol. The predicted molar refractivity (Wildman–Crippen MR) is 72.3 cm³/mol. The van der Waals surface area contributed by atoms with Crippen molar-refractivity contribution in [3.05, 3.63) is 23.1 Å². The van der Waals surface area contributed by atoms with E-state index in [2.05, 4.69) is 16.6 Å². The largest absolute Gasteiger partial charge is 0.481 e. The molecule has 0 saturated carbocycles. The number of rotatable bonds is 12. The minimum absolute atomic E-state index is 0.0661. The van der Waals surface area contributed by atoms with Crippen molar-refractivity contribution in [2.24, 2.45) is 5.11 Å². The highest BCUT2D eigenvalue weighted by molar-refractivity contribution is 5.67. The number of carbonyl (C=O) groups is 1. The number of azide groups is 1. The predicted octanol–water partition coefficient (Wildman–Crippen LogP) is 4.45. The van der Waals surface area contributed by atoms with Crippen LogP contribution in [-0.2, 0) is 4.79 Å². The van der Waals surface area contributed by atoms with E-state index in [9.17, 15) is 4.79 Å². The Bertz CT molecular complexity index is 286. The van der Waals surface area contributed by atoms with Crippen LogP contribution in [0.4, 0.5) is 0 Å². The minimum atomic E-state index is -0.906.